The molecule has 4 rings (SSSR count). The summed E-state index contributed by atoms with van der Waals surface area (Å²) in [7, 11) is -2.13. The predicted molar refractivity (Wildman–Crippen MR) is 107 cm³/mol. The summed E-state index contributed by atoms with van der Waals surface area (Å²) >= 11 is 6.37. The number of hydrogen-bond donors (Lipinski definition) is 1. The van der Waals surface area contributed by atoms with Crippen molar-refractivity contribution in [3.05, 3.63) is 65.4 Å². The Hall–Kier alpha value is -2.82. The minimum Gasteiger partial charge on any atom is -0.349 e. The van der Waals surface area contributed by atoms with Gasteiger partial charge in [0.2, 0.25) is 10.0 Å². The first kappa shape index (κ1) is 20.5. The molecule has 4 aromatic rings. The SMILES string of the molecule is Cn1ccc2cc(-c3cc(C(F)(F)F)nn3-c3ccc(S(N)(=O)=O)cc3)cc(Cl)c21. The molecule has 0 aliphatic heterocycles. The third kappa shape index (κ3) is 3.57. The number of primary sulfonamides is 1. The lowest BCUT2D eigenvalue weighted by Crippen LogP contribution is -2.12. The van der Waals surface area contributed by atoms with Crippen molar-refractivity contribution in [1.82, 2.24) is 14.3 Å². The molecule has 0 spiro atoms. The van der Waals surface area contributed by atoms with Gasteiger partial charge in [-0.05, 0) is 48.5 Å². The number of aryl methyl sites for hydroxylation is 1. The zero-order valence-electron chi connectivity index (χ0n) is 15.4. The molecule has 0 amide bonds. The smallest absolute Gasteiger partial charge is 0.349 e. The number of rotatable bonds is 3. The molecule has 0 fully saturated rings. The van der Waals surface area contributed by atoms with Crippen LogP contribution in [0, 0.1) is 0 Å². The fourth-order valence-corrected chi connectivity index (χ4v) is 4.11. The molecule has 0 unspecified atom stereocenters. The summed E-state index contributed by atoms with van der Waals surface area (Å²) in [4.78, 5) is -0.162. The largest absolute Gasteiger partial charge is 0.435 e. The molecule has 0 saturated carbocycles. The molecule has 0 aliphatic rings. The summed E-state index contributed by atoms with van der Waals surface area (Å²) in [6, 6.07) is 11.1. The third-order valence-corrected chi connectivity index (χ3v) is 5.85. The van der Waals surface area contributed by atoms with Gasteiger partial charge in [0.1, 0.15) is 0 Å². The molecule has 0 bridgehead atoms. The Morgan fingerprint density at radius 3 is 2.33 bits per heavy atom. The van der Waals surface area contributed by atoms with Crippen LogP contribution in [0.3, 0.4) is 0 Å². The van der Waals surface area contributed by atoms with Crippen molar-refractivity contribution in [3.63, 3.8) is 0 Å². The molecule has 30 heavy (non-hydrogen) atoms. The molecule has 2 aromatic heterocycles. The van der Waals surface area contributed by atoms with E-state index in [4.69, 9.17) is 16.7 Å². The molecular formula is C19H14ClF3N4O2S. The van der Waals surface area contributed by atoms with Crippen LogP contribution in [0.25, 0.3) is 27.8 Å². The summed E-state index contributed by atoms with van der Waals surface area (Å²) in [5.74, 6) is 0. The van der Waals surface area contributed by atoms with Crippen LogP contribution < -0.4 is 5.14 Å². The van der Waals surface area contributed by atoms with E-state index in [9.17, 15) is 21.6 Å². The number of hydrogen-bond acceptors (Lipinski definition) is 3. The number of sulfonamides is 1. The lowest BCUT2D eigenvalue weighted by atomic mass is 10.1. The maximum Gasteiger partial charge on any atom is 0.435 e. The van der Waals surface area contributed by atoms with Crippen molar-refractivity contribution in [3.8, 4) is 16.9 Å². The van der Waals surface area contributed by atoms with Crippen molar-refractivity contribution in [2.24, 2.45) is 12.2 Å². The van der Waals surface area contributed by atoms with Gasteiger partial charge in [0.05, 0.1) is 26.8 Å². The van der Waals surface area contributed by atoms with Crippen molar-refractivity contribution in [1.29, 1.82) is 0 Å². The first-order chi connectivity index (χ1) is 13.9. The van der Waals surface area contributed by atoms with Gasteiger partial charge < -0.3 is 4.57 Å². The van der Waals surface area contributed by atoms with Gasteiger partial charge in [-0.3, -0.25) is 0 Å². The molecule has 0 saturated heterocycles. The Morgan fingerprint density at radius 1 is 1.07 bits per heavy atom. The quantitative estimate of drug-likeness (QED) is 0.499. The van der Waals surface area contributed by atoms with Crippen molar-refractivity contribution < 1.29 is 21.6 Å². The highest BCUT2D eigenvalue weighted by molar-refractivity contribution is 7.89. The summed E-state index contributed by atoms with van der Waals surface area (Å²) in [5.41, 5.74) is 0.477. The Balaban J connectivity index is 1.93. The van der Waals surface area contributed by atoms with E-state index < -0.39 is 21.9 Å². The molecule has 156 valence electrons. The zero-order chi connectivity index (χ0) is 21.8. The van der Waals surface area contributed by atoms with Gasteiger partial charge in [-0.2, -0.15) is 18.3 Å². The van der Waals surface area contributed by atoms with Crippen LogP contribution in [0.2, 0.25) is 5.02 Å². The van der Waals surface area contributed by atoms with Crippen LogP contribution >= 0.6 is 11.6 Å². The average Bonchev–Trinajstić information content (AvgIpc) is 3.25. The van der Waals surface area contributed by atoms with E-state index in [-0.39, 0.29) is 16.3 Å². The van der Waals surface area contributed by atoms with E-state index in [1.807, 2.05) is 11.6 Å². The van der Waals surface area contributed by atoms with Crippen LogP contribution in [-0.4, -0.2) is 22.8 Å². The van der Waals surface area contributed by atoms with Crippen LogP contribution in [0.5, 0.6) is 0 Å². The second-order valence-electron chi connectivity index (χ2n) is 6.69. The van der Waals surface area contributed by atoms with Crippen molar-refractivity contribution >= 4 is 32.5 Å². The monoisotopic (exact) mass is 454 g/mol. The standard InChI is InChI=1S/C19H14ClF3N4O2S/c1-26-7-6-11-8-12(9-15(20)18(11)26)16-10-17(19(21,22)23)25-27(16)13-2-4-14(5-3-13)30(24,28)29/h2-10H,1H3,(H2,24,28,29). The average molecular weight is 455 g/mol. The molecule has 6 nitrogen and oxygen atoms in total. The highest BCUT2D eigenvalue weighted by Crippen LogP contribution is 2.36. The number of fused-ring (bicyclic) bond motifs is 1. The van der Waals surface area contributed by atoms with E-state index in [1.54, 1.807) is 24.4 Å². The second kappa shape index (κ2) is 6.86. The molecule has 2 heterocycles. The molecular weight excluding hydrogens is 441 g/mol. The first-order valence-electron chi connectivity index (χ1n) is 8.50. The molecule has 0 aliphatic carbocycles. The number of nitrogens with two attached hydrogens (primary N) is 1. The minimum absolute atomic E-state index is 0.151. The van der Waals surface area contributed by atoms with Crippen LogP contribution in [0.1, 0.15) is 5.69 Å². The number of nitrogens with zero attached hydrogens (tertiary/aromatic N) is 3. The van der Waals surface area contributed by atoms with Gasteiger partial charge in [-0.15, -0.1) is 0 Å². The van der Waals surface area contributed by atoms with E-state index in [0.717, 1.165) is 21.7 Å². The van der Waals surface area contributed by atoms with E-state index in [2.05, 4.69) is 5.10 Å². The van der Waals surface area contributed by atoms with Crippen LogP contribution in [0.4, 0.5) is 13.2 Å². The molecule has 2 aromatic carbocycles. The summed E-state index contributed by atoms with van der Waals surface area (Å²) in [6.07, 6.45) is -2.87. The maximum absolute atomic E-state index is 13.4. The fraction of sp³-hybridized carbons (Fsp3) is 0.105. The van der Waals surface area contributed by atoms with Crippen molar-refractivity contribution in [2.45, 2.75) is 11.1 Å². The van der Waals surface area contributed by atoms with Crippen LogP contribution in [0.15, 0.2) is 59.6 Å². The van der Waals surface area contributed by atoms with E-state index >= 15 is 0 Å². The normalized spacial score (nSPS) is 12.6. The van der Waals surface area contributed by atoms with E-state index in [1.165, 1.54) is 24.3 Å². The highest BCUT2D eigenvalue weighted by atomic mass is 35.5. The minimum atomic E-state index is -4.67. The van der Waals surface area contributed by atoms with Gasteiger partial charge in [0.25, 0.3) is 0 Å². The number of aromatic nitrogens is 3. The summed E-state index contributed by atoms with van der Waals surface area (Å²) in [6.45, 7) is 0. The zero-order valence-corrected chi connectivity index (χ0v) is 16.9. The Bertz CT molecular complexity index is 1370. The number of halogens is 4. The number of alkyl halides is 3. The fourth-order valence-electron chi connectivity index (χ4n) is 3.23. The first-order valence-corrected chi connectivity index (χ1v) is 10.4. The van der Waals surface area contributed by atoms with Gasteiger partial charge in [0.15, 0.2) is 5.69 Å². The van der Waals surface area contributed by atoms with Gasteiger partial charge >= 0.3 is 6.18 Å². The Kier molecular flexibility index (Phi) is 4.68. The lowest BCUT2D eigenvalue weighted by Gasteiger charge is -2.10. The van der Waals surface area contributed by atoms with Gasteiger partial charge in [0, 0.05) is 24.2 Å². The molecule has 2 N–H and O–H groups in total. The summed E-state index contributed by atoms with van der Waals surface area (Å²) < 4.78 is 65.9. The van der Waals surface area contributed by atoms with Crippen molar-refractivity contribution in [2.75, 3.05) is 0 Å². The topological polar surface area (TPSA) is 82.9 Å². The van der Waals surface area contributed by atoms with Crippen LogP contribution in [-0.2, 0) is 23.2 Å². The Labute approximate surface area is 174 Å². The lowest BCUT2D eigenvalue weighted by molar-refractivity contribution is -0.141. The molecule has 0 radical (unpaired) electrons. The Morgan fingerprint density at radius 2 is 1.73 bits per heavy atom. The van der Waals surface area contributed by atoms with Gasteiger partial charge in [-0.25, -0.2) is 18.2 Å². The van der Waals surface area contributed by atoms with E-state index in [0.29, 0.717) is 10.6 Å². The van der Waals surface area contributed by atoms with Gasteiger partial charge in [-0.1, -0.05) is 11.6 Å². The second-order valence-corrected chi connectivity index (χ2v) is 8.65. The molecule has 11 heteroatoms. The molecule has 0 atom stereocenters. The summed E-state index contributed by atoms with van der Waals surface area (Å²) in [5, 5.41) is 9.91. The highest BCUT2D eigenvalue weighted by Gasteiger charge is 2.35. The third-order valence-electron chi connectivity index (χ3n) is 4.63. The number of benzene rings is 2. The maximum atomic E-state index is 13.4. The predicted octanol–water partition coefficient (Wildman–Crippen LogP) is 4.35.